The summed E-state index contributed by atoms with van der Waals surface area (Å²) in [5.74, 6) is 2.22. The van der Waals surface area contributed by atoms with Gasteiger partial charge in [0.05, 0.1) is 0 Å². The molecule has 0 saturated carbocycles. The first-order valence-electron chi connectivity index (χ1n) is 8.25. The lowest BCUT2D eigenvalue weighted by atomic mass is 10.1. The highest BCUT2D eigenvalue weighted by Crippen LogP contribution is 2.12. The van der Waals surface area contributed by atoms with Crippen LogP contribution in [0.1, 0.15) is 37.6 Å². The highest BCUT2D eigenvalue weighted by Gasteiger charge is 2.02. The Labute approximate surface area is 137 Å². The van der Waals surface area contributed by atoms with Gasteiger partial charge in [0, 0.05) is 19.2 Å². The monoisotopic (exact) mass is 316 g/mol. The molecule has 0 radical (unpaired) electrons. The van der Waals surface area contributed by atoms with E-state index in [0.29, 0.717) is 0 Å². The highest BCUT2D eigenvalue weighted by atomic mass is 19.1. The molecule has 2 rings (SSSR count). The Hall–Kier alpha value is -2.17. The Morgan fingerprint density at radius 1 is 0.957 bits per heavy atom. The summed E-state index contributed by atoms with van der Waals surface area (Å²) in [6.45, 7) is 5.76. The van der Waals surface area contributed by atoms with Crippen LogP contribution < -0.4 is 10.6 Å². The number of aromatic nitrogens is 2. The summed E-state index contributed by atoms with van der Waals surface area (Å²) in [6.07, 6.45) is 4.40. The van der Waals surface area contributed by atoms with Gasteiger partial charge < -0.3 is 10.6 Å². The maximum Gasteiger partial charge on any atom is 0.131 e. The molecule has 1 heterocycles. The smallest absolute Gasteiger partial charge is 0.131 e. The average Bonchev–Trinajstić information content (AvgIpc) is 2.53. The van der Waals surface area contributed by atoms with E-state index in [0.717, 1.165) is 49.0 Å². The lowest BCUT2D eigenvalue weighted by Crippen LogP contribution is -2.10. The molecule has 0 spiro atoms. The van der Waals surface area contributed by atoms with Crippen LogP contribution in [0.3, 0.4) is 0 Å². The molecule has 0 aliphatic rings. The van der Waals surface area contributed by atoms with Crippen LogP contribution in [-0.4, -0.2) is 23.1 Å². The van der Waals surface area contributed by atoms with Gasteiger partial charge in [-0.2, -0.15) is 0 Å². The molecule has 0 unspecified atom stereocenters. The van der Waals surface area contributed by atoms with Crippen LogP contribution in [0.25, 0.3) is 0 Å². The topological polar surface area (TPSA) is 49.8 Å². The molecule has 1 aromatic heterocycles. The summed E-state index contributed by atoms with van der Waals surface area (Å²) in [6, 6.07) is 8.53. The van der Waals surface area contributed by atoms with Crippen molar-refractivity contribution in [1.29, 1.82) is 0 Å². The number of aryl methyl sites for hydroxylation is 1. The molecule has 124 valence electrons. The van der Waals surface area contributed by atoms with E-state index in [4.69, 9.17) is 0 Å². The number of anilines is 2. The minimum atomic E-state index is -0.202. The largest absolute Gasteiger partial charge is 0.370 e. The van der Waals surface area contributed by atoms with Crippen molar-refractivity contribution in [3.8, 4) is 0 Å². The first-order chi connectivity index (χ1) is 11.2. The molecule has 23 heavy (non-hydrogen) atoms. The fraction of sp³-hybridized carbons (Fsp3) is 0.444. The Morgan fingerprint density at radius 2 is 1.61 bits per heavy atom. The first-order valence-corrected chi connectivity index (χ1v) is 8.25. The molecule has 0 aliphatic carbocycles. The van der Waals surface area contributed by atoms with Gasteiger partial charge in [-0.25, -0.2) is 14.4 Å². The molecule has 2 N–H and O–H groups in total. The van der Waals surface area contributed by atoms with Crippen molar-refractivity contribution in [3.63, 3.8) is 0 Å². The fourth-order valence-corrected chi connectivity index (χ4v) is 2.33. The lowest BCUT2D eigenvalue weighted by Gasteiger charge is -2.10. The van der Waals surface area contributed by atoms with Crippen LogP contribution in [0.2, 0.25) is 0 Å². The van der Waals surface area contributed by atoms with E-state index < -0.39 is 0 Å². The molecule has 0 aliphatic heterocycles. The molecule has 0 fully saturated rings. The van der Waals surface area contributed by atoms with Crippen molar-refractivity contribution >= 4 is 11.6 Å². The van der Waals surface area contributed by atoms with E-state index in [1.165, 1.54) is 25.0 Å². The van der Waals surface area contributed by atoms with Crippen LogP contribution >= 0.6 is 0 Å². The number of hydrogen-bond acceptors (Lipinski definition) is 4. The van der Waals surface area contributed by atoms with Crippen molar-refractivity contribution in [1.82, 2.24) is 9.97 Å². The third-order valence-corrected chi connectivity index (χ3v) is 3.56. The molecular formula is C18H25FN4. The van der Waals surface area contributed by atoms with Crippen LogP contribution in [-0.2, 0) is 6.42 Å². The molecule has 5 heteroatoms. The van der Waals surface area contributed by atoms with Gasteiger partial charge in [0.1, 0.15) is 23.3 Å². The first kappa shape index (κ1) is 17.2. The van der Waals surface area contributed by atoms with Gasteiger partial charge in [0.25, 0.3) is 0 Å². The molecule has 1 aromatic carbocycles. The summed E-state index contributed by atoms with van der Waals surface area (Å²) in [5, 5.41) is 6.65. The molecule has 0 bridgehead atoms. The SMILES string of the molecule is CCCCCNc1cc(NCCc2ccc(F)cc2)nc(C)n1. The minimum absolute atomic E-state index is 0.202. The normalized spacial score (nSPS) is 10.6. The zero-order chi connectivity index (χ0) is 16.5. The molecular weight excluding hydrogens is 291 g/mol. The Morgan fingerprint density at radius 3 is 2.26 bits per heavy atom. The van der Waals surface area contributed by atoms with Gasteiger partial charge in [0.15, 0.2) is 0 Å². The van der Waals surface area contributed by atoms with E-state index in [1.54, 1.807) is 0 Å². The molecule has 0 atom stereocenters. The number of hydrogen-bond donors (Lipinski definition) is 2. The van der Waals surface area contributed by atoms with E-state index in [9.17, 15) is 4.39 Å². The third-order valence-electron chi connectivity index (χ3n) is 3.56. The van der Waals surface area contributed by atoms with Gasteiger partial charge >= 0.3 is 0 Å². The van der Waals surface area contributed by atoms with Crippen molar-refractivity contribution in [2.24, 2.45) is 0 Å². The van der Waals surface area contributed by atoms with Crippen molar-refractivity contribution in [2.75, 3.05) is 23.7 Å². The standard InChI is InChI=1S/C18H25FN4/c1-3-4-5-11-20-17-13-18(23-14(2)22-17)21-12-10-15-6-8-16(19)9-7-15/h6-9,13H,3-5,10-12H2,1-2H3,(H2,20,21,22,23). The van der Waals surface area contributed by atoms with E-state index in [-0.39, 0.29) is 5.82 Å². The quantitative estimate of drug-likeness (QED) is 0.681. The van der Waals surface area contributed by atoms with Crippen molar-refractivity contribution in [3.05, 3.63) is 47.5 Å². The van der Waals surface area contributed by atoms with Gasteiger partial charge in [-0.05, 0) is 37.5 Å². The van der Waals surface area contributed by atoms with Crippen LogP contribution in [0, 0.1) is 12.7 Å². The number of benzene rings is 1. The van der Waals surface area contributed by atoms with Crippen LogP contribution in [0.4, 0.5) is 16.0 Å². The summed E-state index contributed by atoms with van der Waals surface area (Å²) in [5.41, 5.74) is 1.10. The number of rotatable bonds is 9. The molecule has 0 amide bonds. The summed E-state index contributed by atoms with van der Waals surface area (Å²) in [7, 11) is 0. The number of nitrogens with zero attached hydrogens (tertiary/aromatic N) is 2. The maximum absolute atomic E-state index is 12.9. The van der Waals surface area contributed by atoms with Crippen LogP contribution in [0.15, 0.2) is 30.3 Å². The number of halogens is 1. The zero-order valence-corrected chi connectivity index (χ0v) is 13.9. The summed E-state index contributed by atoms with van der Waals surface area (Å²) < 4.78 is 12.9. The van der Waals surface area contributed by atoms with Gasteiger partial charge in [-0.3, -0.25) is 0 Å². The average molecular weight is 316 g/mol. The molecule has 0 saturated heterocycles. The highest BCUT2D eigenvalue weighted by molar-refractivity contribution is 5.47. The predicted octanol–water partition coefficient (Wildman–Crippen LogP) is 4.18. The zero-order valence-electron chi connectivity index (χ0n) is 13.9. The second-order valence-corrected chi connectivity index (χ2v) is 5.62. The van der Waals surface area contributed by atoms with Gasteiger partial charge in [-0.1, -0.05) is 31.9 Å². The maximum atomic E-state index is 12.9. The molecule has 2 aromatic rings. The minimum Gasteiger partial charge on any atom is -0.370 e. The second-order valence-electron chi connectivity index (χ2n) is 5.62. The Bertz CT molecular complexity index is 598. The Balaban J connectivity index is 1.84. The van der Waals surface area contributed by atoms with Crippen molar-refractivity contribution < 1.29 is 4.39 Å². The van der Waals surface area contributed by atoms with Gasteiger partial charge in [0.2, 0.25) is 0 Å². The van der Waals surface area contributed by atoms with E-state index in [2.05, 4.69) is 27.5 Å². The van der Waals surface area contributed by atoms with Gasteiger partial charge in [-0.15, -0.1) is 0 Å². The number of unbranched alkanes of at least 4 members (excludes halogenated alkanes) is 2. The van der Waals surface area contributed by atoms with E-state index >= 15 is 0 Å². The fourth-order valence-electron chi connectivity index (χ4n) is 2.33. The third kappa shape index (κ3) is 6.22. The molecule has 4 nitrogen and oxygen atoms in total. The van der Waals surface area contributed by atoms with Crippen LogP contribution in [0.5, 0.6) is 0 Å². The second kappa shape index (κ2) is 9.08. The number of nitrogens with one attached hydrogen (secondary N) is 2. The van der Waals surface area contributed by atoms with E-state index in [1.807, 2.05) is 25.1 Å². The summed E-state index contributed by atoms with van der Waals surface area (Å²) in [4.78, 5) is 8.80. The summed E-state index contributed by atoms with van der Waals surface area (Å²) >= 11 is 0. The van der Waals surface area contributed by atoms with Crippen molar-refractivity contribution in [2.45, 2.75) is 39.5 Å². The Kier molecular flexibility index (Phi) is 6.78. The lowest BCUT2D eigenvalue weighted by molar-refractivity contribution is 0.627. The predicted molar refractivity (Wildman–Crippen MR) is 93.4 cm³/mol.